The molecule has 2 aromatic rings. The highest BCUT2D eigenvalue weighted by Crippen LogP contribution is 2.27. The Morgan fingerprint density at radius 2 is 1.81 bits per heavy atom. The molecule has 0 aliphatic rings. The molecular weight excluding hydrogens is 341 g/mol. The highest BCUT2D eigenvalue weighted by Gasteiger charge is 2.08. The van der Waals surface area contributed by atoms with Crippen LogP contribution in [0.25, 0.3) is 6.08 Å². The molecule has 6 nitrogen and oxygen atoms in total. The summed E-state index contributed by atoms with van der Waals surface area (Å²) in [5, 5.41) is 2.32. The van der Waals surface area contributed by atoms with Crippen molar-refractivity contribution in [3.05, 3.63) is 59.9 Å². The Hall–Kier alpha value is -3.35. The largest absolute Gasteiger partial charge is 0.493 e. The van der Waals surface area contributed by atoms with Gasteiger partial charge >= 0.3 is 5.97 Å². The number of carbonyl (C=O) groups is 2. The van der Waals surface area contributed by atoms with Gasteiger partial charge in [-0.2, -0.15) is 0 Å². The van der Waals surface area contributed by atoms with E-state index in [2.05, 4.69) is 5.32 Å². The number of hydrogen-bond donors (Lipinski definition) is 1. The van der Waals surface area contributed by atoms with E-state index in [4.69, 9.17) is 14.2 Å². The number of para-hydroxylation sites is 1. The molecule has 0 aliphatic heterocycles. The van der Waals surface area contributed by atoms with Crippen LogP contribution in [0, 0.1) is 5.82 Å². The summed E-state index contributed by atoms with van der Waals surface area (Å²) in [6, 6.07) is 10.8. The summed E-state index contributed by atoms with van der Waals surface area (Å²) in [6.07, 6.45) is 2.69. The molecule has 26 heavy (non-hydrogen) atoms. The third-order valence-electron chi connectivity index (χ3n) is 3.31. The van der Waals surface area contributed by atoms with Gasteiger partial charge < -0.3 is 19.5 Å². The number of esters is 1. The lowest BCUT2D eigenvalue weighted by atomic mass is 10.2. The molecule has 0 saturated heterocycles. The van der Waals surface area contributed by atoms with Crippen LogP contribution < -0.4 is 14.8 Å². The standard InChI is InChI=1S/C19H18FNO5/c1-24-16-9-7-13(11-17(16)25-2)8-10-19(23)26-12-18(22)21-15-6-4-3-5-14(15)20/h3-11H,12H2,1-2H3,(H,21,22). The summed E-state index contributed by atoms with van der Waals surface area (Å²) in [6.45, 7) is -0.524. The predicted octanol–water partition coefficient (Wildman–Crippen LogP) is 3.04. The van der Waals surface area contributed by atoms with Gasteiger partial charge in [0.15, 0.2) is 18.1 Å². The maximum absolute atomic E-state index is 13.4. The molecule has 0 atom stereocenters. The Morgan fingerprint density at radius 1 is 1.08 bits per heavy atom. The Labute approximate surface area is 150 Å². The van der Waals surface area contributed by atoms with Crippen LogP contribution in [-0.4, -0.2) is 32.7 Å². The summed E-state index contributed by atoms with van der Waals surface area (Å²) in [7, 11) is 3.03. The van der Waals surface area contributed by atoms with E-state index >= 15 is 0 Å². The van der Waals surface area contributed by atoms with Crippen molar-refractivity contribution in [3.8, 4) is 11.5 Å². The molecule has 0 fully saturated rings. The van der Waals surface area contributed by atoms with Crippen molar-refractivity contribution < 1.29 is 28.2 Å². The SMILES string of the molecule is COc1ccc(C=CC(=O)OCC(=O)Nc2ccccc2F)cc1OC. The van der Waals surface area contributed by atoms with Gasteiger partial charge in [-0.05, 0) is 35.9 Å². The van der Waals surface area contributed by atoms with Crippen molar-refractivity contribution >= 4 is 23.6 Å². The molecular formula is C19H18FNO5. The number of ether oxygens (including phenoxy) is 3. The minimum absolute atomic E-state index is 0.0226. The fourth-order valence-electron chi connectivity index (χ4n) is 2.05. The number of hydrogen-bond acceptors (Lipinski definition) is 5. The van der Waals surface area contributed by atoms with Crippen molar-refractivity contribution in [2.75, 3.05) is 26.1 Å². The number of amides is 1. The zero-order valence-electron chi connectivity index (χ0n) is 14.3. The summed E-state index contributed by atoms with van der Waals surface area (Å²) in [4.78, 5) is 23.4. The third-order valence-corrected chi connectivity index (χ3v) is 3.31. The van der Waals surface area contributed by atoms with Crippen molar-refractivity contribution in [2.24, 2.45) is 0 Å². The summed E-state index contributed by atoms with van der Waals surface area (Å²) >= 11 is 0. The molecule has 0 unspecified atom stereocenters. The van der Waals surface area contributed by atoms with E-state index in [-0.39, 0.29) is 5.69 Å². The minimum atomic E-state index is -0.705. The monoisotopic (exact) mass is 359 g/mol. The first-order valence-electron chi connectivity index (χ1n) is 7.64. The van der Waals surface area contributed by atoms with Gasteiger partial charge in [0.2, 0.25) is 0 Å². The smallest absolute Gasteiger partial charge is 0.331 e. The number of methoxy groups -OCH3 is 2. The van der Waals surface area contributed by atoms with E-state index < -0.39 is 24.3 Å². The van der Waals surface area contributed by atoms with Crippen molar-refractivity contribution in [3.63, 3.8) is 0 Å². The first-order chi connectivity index (χ1) is 12.5. The van der Waals surface area contributed by atoms with Gasteiger partial charge in [-0.25, -0.2) is 9.18 Å². The fourth-order valence-corrected chi connectivity index (χ4v) is 2.05. The van der Waals surface area contributed by atoms with Gasteiger partial charge in [-0.15, -0.1) is 0 Å². The van der Waals surface area contributed by atoms with Crippen molar-refractivity contribution in [1.29, 1.82) is 0 Å². The maximum atomic E-state index is 13.4. The second-order valence-corrected chi connectivity index (χ2v) is 5.08. The van der Waals surface area contributed by atoms with E-state index in [1.807, 2.05) is 0 Å². The van der Waals surface area contributed by atoms with E-state index in [0.29, 0.717) is 17.1 Å². The third kappa shape index (κ3) is 5.34. The Kier molecular flexibility index (Phi) is 6.73. The molecule has 2 rings (SSSR count). The molecule has 0 bridgehead atoms. The van der Waals surface area contributed by atoms with Crippen LogP contribution in [0.5, 0.6) is 11.5 Å². The molecule has 1 amide bonds. The summed E-state index contributed by atoms with van der Waals surface area (Å²) in [5.74, 6) is -0.823. The first-order valence-corrected chi connectivity index (χ1v) is 7.64. The molecule has 1 N–H and O–H groups in total. The predicted molar refractivity (Wildman–Crippen MR) is 94.6 cm³/mol. The van der Waals surface area contributed by atoms with Crippen LogP contribution in [-0.2, 0) is 14.3 Å². The van der Waals surface area contributed by atoms with E-state index in [0.717, 1.165) is 0 Å². The molecule has 0 aromatic heterocycles. The molecule has 2 aromatic carbocycles. The van der Waals surface area contributed by atoms with Gasteiger partial charge in [0.05, 0.1) is 19.9 Å². The number of benzene rings is 2. The van der Waals surface area contributed by atoms with Gasteiger partial charge in [0.1, 0.15) is 5.82 Å². The minimum Gasteiger partial charge on any atom is -0.493 e. The Balaban J connectivity index is 1.87. The summed E-state index contributed by atoms with van der Waals surface area (Å²) in [5.41, 5.74) is 0.713. The van der Waals surface area contributed by atoms with Crippen LogP contribution in [0.3, 0.4) is 0 Å². The molecule has 136 valence electrons. The van der Waals surface area contributed by atoms with E-state index in [9.17, 15) is 14.0 Å². The number of rotatable bonds is 7. The Morgan fingerprint density at radius 3 is 2.50 bits per heavy atom. The lowest BCUT2D eigenvalue weighted by molar-refractivity contribution is -0.142. The van der Waals surface area contributed by atoms with Gasteiger partial charge in [0.25, 0.3) is 5.91 Å². The lowest BCUT2D eigenvalue weighted by Crippen LogP contribution is -2.20. The maximum Gasteiger partial charge on any atom is 0.331 e. The summed E-state index contributed by atoms with van der Waals surface area (Å²) < 4.78 is 28.5. The van der Waals surface area contributed by atoms with Crippen LogP contribution in [0.2, 0.25) is 0 Å². The normalized spacial score (nSPS) is 10.4. The average Bonchev–Trinajstić information content (AvgIpc) is 2.66. The van der Waals surface area contributed by atoms with E-state index in [1.165, 1.54) is 44.6 Å². The van der Waals surface area contributed by atoms with Crippen molar-refractivity contribution in [2.45, 2.75) is 0 Å². The number of anilines is 1. The number of carbonyl (C=O) groups excluding carboxylic acids is 2. The molecule has 0 aliphatic carbocycles. The molecule has 0 radical (unpaired) electrons. The first kappa shape index (κ1) is 19.0. The van der Waals surface area contributed by atoms with Crippen LogP contribution in [0.4, 0.5) is 10.1 Å². The molecule has 0 spiro atoms. The van der Waals surface area contributed by atoms with Gasteiger partial charge in [0, 0.05) is 6.08 Å². The van der Waals surface area contributed by atoms with Crippen molar-refractivity contribution in [1.82, 2.24) is 0 Å². The average molecular weight is 359 g/mol. The van der Waals surface area contributed by atoms with Crippen LogP contribution in [0.1, 0.15) is 5.56 Å². The second kappa shape index (κ2) is 9.22. The van der Waals surface area contributed by atoms with E-state index in [1.54, 1.807) is 24.3 Å². The van der Waals surface area contributed by atoms with Crippen LogP contribution >= 0.6 is 0 Å². The quantitative estimate of drug-likeness (QED) is 0.608. The Bertz CT molecular complexity index is 819. The second-order valence-electron chi connectivity index (χ2n) is 5.08. The zero-order valence-corrected chi connectivity index (χ0v) is 14.3. The molecule has 0 heterocycles. The van der Waals surface area contributed by atoms with Gasteiger partial charge in [-0.1, -0.05) is 18.2 Å². The molecule has 7 heteroatoms. The zero-order chi connectivity index (χ0) is 18.9. The highest BCUT2D eigenvalue weighted by atomic mass is 19.1. The highest BCUT2D eigenvalue weighted by molar-refractivity contribution is 5.94. The number of halogens is 1. The lowest BCUT2D eigenvalue weighted by Gasteiger charge is -2.07. The number of nitrogens with one attached hydrogen (secondary N) is 1. The molecule has 0 saturated carbocycles. The van der Waals surface area contributed by atoms with Gasteiger partial charge in [-0.3, -0.25) is 4.79 Å². The topological polar surface area (TPSA) is 73.9 Å². The van der Waals surface area contributed by atoms with Crippen LogP contribution in [0.15, 0.2) is 48.5 Å². The fraction of sp³-hybridized carbons (Fsp3) is 0.158.